The van der Waals surface area contributed by atoms with Crippen LogP contribution in [-0.4, -0.2) is 7.11 Å². The standard InChI is InChI=1S/C31H38O/c1-20(2)18-31(19-21(3)4)28-14-9-8-11-26(28)27-16-15-23(17-29(27)31)25-13-10-12-24(22(5)6)30(25)32-7/h8-17,20-22H,18-19H2,1-7H3. The quantitative estimate of drug-likeness (QED) is 0.366. The van der Waals surface area contributed by atoms with Crippen molar-refractivity contribution in [2.45, 2.75) is 65.7 Å². The van der Waals surface area contributed by atoms with Gasteiger partial charge in [-0.25, -0.2) is 0 Å². The summed E-state index contributed by atoms with van der Waals surface area (Å²) in [4.78, 5) is 0. The van der Waals surface area contributed by atoms with E-state index in [1.807, 2.05) is 0 Å². The molecule has 0 atom stereocenters. The van der Waals surface area contributed by atoms with Gasteiger partial charge in [0.15, 0.2) is 0 Å². The van der Waals surface area contributed by atoms with Crippen molar-refractivity contribution in [1.29, 1.82) is 0 Å². The Balaban J connectivity index is 1.97. The molecule has 0 spiro atoms. The third kappa shape index (κ3) is 3.76. The summed E-state index contributed by atoms with van der Waals surface area (Å²) in [7, 11) is 1.80. The molecule has 1 nitrogen and oxygen atoms in total. The molecule has 1 heteroatoms. The van der Waals surface area contributed by atoms with Crippen molar-refractivity contribution >= 4 is 0 Å². The predicted octanol–water partition coefficient (Wildman–Crippen LogP) is 8.84. The average Bonchev–Trinajstić information content (AvgIpc) is 3.01. The van der Waals surface area contributed by atoms with Crippen molar-refractivity contribution in [2.24, 2.45) is 11.8 Å². The lowest BCUT2D eigenvalue weighted by atomic mass is 9.67. The van der Waals surface area contributed by atoms with Gasteiger partial charge in [-0.2, -0.15) is 0 Å². The van der Waals surface area contributed by atoms with Gasteiger partial charge in [0.05, 0.1) is 7.11 Å². The van der Waals surface area contributed by atoms with Crippen LogP contribution < -0.4 is 4.74 Å². The molecule has 0 radical (unpaired) electrons. The molecular formula is C31H38O. The van der Waals surface area contributed by atoms with Crippen molar-refractivity contribution in [3.8, 4) is 28.0 Å². The van der Waals surface area contributed by atoms with E-state index in [-0.39, 0.29) is 5.41 Å². The Morgan fingerprint density at radius 2 is 1.31 bits per heavy atom. The maximum absolute atomic E-state index is 5.95. The number of ether oxygens (including phenoxy) is 1. The number of para-hydroxylation sites is 1. The Hall–Kier alpha value is -2.54. The molecule has 0 aliphatic heterocycles. The van der Waals surface area contributed by atoms with Gasteiger partial charge < -0.3 is 4.74 Å². The smallest absolute Gasteiger partial charge is 0.130 e. The molecule has 3 aromatic carbocycles. The SMILES string of the molecule is COc1c(-c2ccc3c(c2)C(CC(C)C)(CC(C)C)c2ccccc2-3)cccc1C(C)C. The Labute approximate surface area is 194 Å². The van der Waals surface area contributed by atoms with E-state index in [1.165, 1.54) is 51.8 Å². The zero-order chi connectivity index (χ0) is 23.0. The molecule has 0 unspecified atom stereocenters. The lowest BCUT2D eigenvalue weighted by Gasteiger charge is -2.36. The molecule has 1 aliphatic rings. The second kappa shape index (κ2) is 8.77. The number of benzene rings is 3. The zero-order valence-electron chi connectivity index (χ0n) is 20.8. The van der Waals surface area contributed by atoms with Crippen LogP contribution in [0.5, 0.6) is 5.75 Å². The van der Waals surface area contributed by atoms with E-state index >= 15 is 0 Å². The van der Waals surface area contributed by atoms with E-state index in [0.29, 0.717) is 17.8 Å². The summed E-state index contributed by atoms with van der Waals surface area (Å²) in [6.45, 7) is 13.9. The van der Waals surface area contributed by atoms with Crippen LogP contribution >= 0.6 is 0 Å². The van der Waals surface area contributed by atoms with Crippen molar-refractivity contribution in [3.63, 3.8) is 0 Å². The first kappa shape index (κ1) is 22.6. The minimum atomic E-state index is 0.0627. The highest BCUT2D eigenvalue weighted by Gasteiger charge is 2.43. The highest BCUT2D eigenvalue weighted by atomic mass is 16.5. The number of methoxy groups -OCH3 is 1. The van der Waals surface area contributed by atoms with Crippen LogP contribution in [0.25, 0.3) is 22.3 Å². The average molecular weight is 427 g/mol. The fourth-order valence-electron chi connectivity index (χ4n) is 6.00. The molecule has 32 heavy (non-hydrogen) atoms. The Bertz CT molecular complexity index is 1090. The van der Waals surface area contributed by atoms with Gasteiger partial charge in [0.25, 0.3) is 0 Å². The van der Waals surface area contributed by atoms with Gasteiger partial charge in [-0.1, -0.05) is 96.1 Å². The fraction of sp³-hybridized carbons (Fsp3) is 0.419. The summed E-state index contributed by atoms with van der Waals surface area (Å²) in [6.07, 6.45) is 2.34. The van der Waals surface area contributed by atoms with Crippen LogP contribution in [0.3, 0.4) is 0 Å². The highest BCUT2D eigenvalue weighted by molar-refractivity contribution is 5.85. The van der Waals surface area contributed by atoms with E-state index in [2.05, 4.69) is 102 Å². The van der Waals surface area contributed by atoms with Gasteiger partial charge in [0.1, 0.15) is 5.75 Å². The van der Waals surface area contributed by atoms with Gasteiger partial charge in [0.2, 0.25) is 0 Å². The summed E-state index contributed by atoms with van der Waals surface area (Å²) >= 11 is 0. The van der Waals surface area contributed by atoms with E-state index in [4.69, 9.17) is 4.74 Å². The molecule has 0 aromatic heterocycles. The second-order valence-electron chi connectivity index (χ2n) is 10.7. The van der Waals surface area contributed by atoms with Crippen molar-refractivity contribution < 1.29 is 4.74 Å². The first-order valence-corrected chi connectivity index (χ1v) is 12.2. The van der Waals surface area contributed by atoms with E-state index < -0.39 is 0 Å². The first-order chi connectivity index (χ1) is 15.3. The fourth-order valence-corrected chi connectivity index (χ4v) is 6.00. The predicted molar refractivity (Wildman–Crippen MR) is 138 cm³/mol. The van der Waals surface area contributed by atoms with Crippen molar-refractivity contribution in [2.75, 3.05) is 7.11 Å². The molecule has 0 bridgehead atoms. The largest absolute Gasteiger partial charge is 0.496 e. The minimum Gasteiger partial charge on any atom is -0.496 e. The number of rotatable bonds is 7. The normalized spacial score (nSPS) is 14.2. The maximum atomic E-state index is 5.95. The van der Waals surface area contributed by atoms with Crippen molar-refractivity contribution in [1.82, 2.24) is 0 Å². The van der Waals surface area contributed by atoms with Gasteiger partial charge in [0, 0.05) is 11.0 Å². The van der Waals surface area contributed by atoms with Crippen LogP contribution in [-0.2, 0) is 5.41 Å². The third-order valence-corrected chi connectivity index (χ3v) is 6.96. The molecule has 0 amide bonds. The van der Waals surface area contributed by atoms with E-state index in [1.54, 1.807) is 7.11 Å². The lowest BCUT2D eigenvalue weighted by molar-refractivity contribution is 0.337. The van der Waals surface area contributed by atoms with Crippen LogP contribution in [0, 0.1) is 11.8 Å². The summed E-state index contributed by atoms with van der Waals surface area (Å²) < 4.78 is 5.95. The molecule has 0 fully saturated rings. The molecule has 168 valence electrons. The van der Waals surface area contributed by atoms with Crippen LogP contribution in [0.2, 0.25) is 0 Å². The Kier molecular flexibility index (Phi) is 6.21. The summed E-state index contributed by atoms with van der Waals surface area (Å²) in [5.41, 5.74) is 9.61. The molecule has 0 N–H and O–H groups in total. The minimum absolute atomic E-state index is 0.0627. The zero-order valence-corrected chi connectivity index (χ0v) is 20.8. The van der Waals surface area contributed by atoms with E-state index in [9.17, 15) is 0 Å². The number of hydrogen-bond donors (Lipinski definition) is 0. The third-order valence-electron chi connectivity index (χ3n) is 6.96. The molecule has 4 rings (SSSR count). The molecule has 0 saturated heterocycles. The molecular weight excluding hydrogens is 388 g/mol. The monoisotopic (exact) mass is 426 g/mol. The topological polar surface area (TPSA) is 9.23 Å². The summed E-state index contributed by atoms with van der Waals surface area (Å²) in [5, 5.41) is 0. The summed E-state index contributed by atoms with van der Waals surface area (Å²) in [6, 6.07) is 22.8. The maximum Gasteiger partial charge on any atom is 0.130 e. The van der Waals surface area contributed by atoms with Crippen LogP contribution in [0.1, 0.15) is 77.0 Å². The van der Waals surface area contributed by atoms with Gasteiger partial charge >= 0.3 is 0 Å². The lowest BCUT2D eigenvalue weighted by Crippen LogP contribution is -2.29. The van der Waals surface area contributed by atoms with Gasteiger partial charge in [-0.15, -0.1) is 0 Å². The van der Waals surface area contributed by atoms with Crippen LogP contribution in [0.15, 0.2) is 60.7 Å². The number of fused-ring (bicyclic) bond motifs is 3. The number of hydrogen-bond acceptors (Lipinski definition) is 1. The molecule has 0 saturated carbocycles. The van der Waals surface area contributed by atoms with Crippen LogP contribution in [0.4, 0.5) is 0 Å². The Morgan fingerprint density at radius 3 is 1.94 bits per heavy atom. The Morgan fingerprint density at radius 1 is 0.688 bits per heavy atom. The van der Waals surface area contributed by atoms with Gasteiger partial charge in [-0.3, -0.25) is 0 Å². The molecule has 3 aromatic rings. The highest BCUT2D eigenvalue weighted by Crippen LogP contribution is 2.55. The second-order valence-corrected chi connectivity index (χ2v) is 10.7. The van der Waals surface area contributed by atoms with E-state index in [0.717, 1.165) is 5.75 Å². The molecule has 1 aliphatic carbocycles. The first-order valence-electron chi connectivity index (χ1n) is 12.2. The van der Waals surface area contributed by atoms with Crippen molar-refractivity contribution in [3.05, 3.63) is 77.4 Å². The van der Waals surface area contributed by atoms with Gasteiger partial charge in [-0.05, 0) is 70.0 Å². The summed E-state index contributed by atoms with van der Waals surface area (Å²) in [5.74, 6) is 2.67. The molecule has 0 heterocycles.